The molecule has 5 N–H and O–H groups in total. The predicted octanol–water partition coefficient (Wildman–Crippen LogP) is 1.16. The van der Waals surface area contributed by atoms with Crippen LogP contribution in [0, 0.1) is 0 Å². The largest absolute Gasteiger partial charge is 0.504 e. The van der Waals surface area contributed by atoms with Crippen molar-refractivity contribution in [3.63, 3.8) is 0 Å². The molecule has 0 fully saturated rings. The van der Waals surface area contributed by atoms with Crippen molar-refractivity contribution in [2.45, 2.75) is 12.6 Å². The Bertz CT molecular complexity index is 330. The van der Waals surface area contributed by atoms with E-state index in [9.17, 15) is 9.50 Å². The van der Waals surface area contributed by atoms with Gasteiger partial charge in [0.25, 0.3) is 0 Å². The maximum Gasteiger partial charge on any atom is 0.200 e. The Hall–Kier alpha value is -1.49. The second kappa shape index (κ2) is 4.15. The fraction of sp³-hybridized carbons (Fsp3) is 0.333. The Labute approximate surface area is 80.4 Å². The van der Waals surface area contributed by atoms with E-state index in [4.69, 9.17) is 15.9 Å². The quantitative estimate of drug-likeness (QED) is 0.553. The molecule has 0 aromatic heterocycles. The zero-order chi connectivity index (χ0) is 10.7. The average molecular weight is 201 g/mol. The van der Waals surface area contributed by atoms with Gasteiger partial charge in [0.2, 0.25) is 5.75 Å². The van der Waals surface area contributed by atoms with Crippen molar-refractivity contribution in [3.05, 3.63) is 17.7 Å². The number of halogens is 1. The summed E-state index contributed by atoms with van der Waals surface area (Å²) in [5, 5.41) is 27.4. The smallest absolute Gasteiger partial charge is 0.200 e. The third kappa shape index (κ3) is 1.88. The maximum absolute atomic E-state index is 13.3. The van der Waals surface area contributed by atoms with Gasteiger partial charge in [-0.15, -0.1) is 0 Å². The van der Waals surface area contributed by atoms with E-state index in [0.29, 0.717) is 0 Å². The van der Waals surface area contributed by atoms with E-state index < -0.39 is 23.4 Å². The summed E-state index contributed by atoms with van der Waals surface area (Å²) in [5.74, 6) is -1.82. The highest BCUT2D eigenvalue weighted by Gasteiger charge is 2.18. The standard InChI is InChI=1S/C9H12FNO3/c10-6(3-4-11)5-1-2-7(12)9(14)8(5)13/h1-2,6,12-14H,3-4,11H2. The minimum absolute atomic E-state index is 0.0533. The topological polar surface area (TPSA) is 86.7 Å². The monoisotopic (exact) mass is 201 g/mol. The minimum atomic E-state index is -1.44. The Morgan fingerprint density at radius 2 is 1.86 bits per heavy atom. The van der Waals surface area contributed by atoms with Crippen LogP contribution in [0.15, 0.2) is 12.1 Å². The minimum Gasteiger partial charge on any atom is -0.504 e. The molecule has 0 aliphatic rings. The molecular weight excluding hydrogens is 189 g/mol. The summed E-state index contributed by atoms with van der Waals surface area (Å²) >= 11 is 0. The van der Waals surface area contributed by atoms with Crippen molar-refractivity contribution < 1.29 is 19.7 Å². The first-order valence-corrected chi connectivity index (χ1v) is 4.15. The van der Waals surface area contributed by atoms with Gasteiger partial charge < -0.3 is 21.1 Å². The van der Waals surface area contributed by atoms with Gasteiger partial charge in [-0.05, 0) is 25.1 Å². The van der Waals surface area contributed by atoms with Gasteiger partial charge in [-0.1, -0.05) is 0 Å². The fourth-order valence-electron chi connectivity index (χ4n) is 1.14. The summed E-state index contributed by atoms with van der Waals surface area (Å²) in [5.41, 5.74) is 5.09. The molecule has 0 bridgehead atoms. The van der Waals surface area contributed by atoms with E-state index in [1.807, 2.05) is 0 Å². The highest BCUT2D eigenvalue weighted by Crippen LogP contribution is 2.41. The highest BCUT2D eigenvalue weighted by atomic mass is 19.1. The molecule has 1 aromatic rings. The van der Waals surface area contributed by atoms with Gasteiger partial charge in [0, 0.05) is 5.56 Å². The van der Waals surface area contributed by atoms with Crippen LogP contribution in [0.1, 0.15) is 18.2 Å². The van der Waals surface area contributed by atoms with Gasteiger partial charge in [-0.3, -0.25) is 0 Å². The third-order valence-electron chi connectivity index (χ3n) is 1.92. The first-order valence-electron chi connectivity index (χ1n) is 4.15. The molecule has 0 aliphatic heterocycles. The molecule has 1 atom stereocenters. The lowest BCUT2D eigenvalue weighted by Gasteiger charge is -2.10. The van der Waals surface area contributed by atoms with Gasteiger partial charge >= 0.3 is 0 Å². The van der Waals surface area contributed by atoms with Crippen molar-refractivity contribution in [1.82, 2.24) is 0 Å². The van der Waals surface area contributed by atoms with Crippen LogP contribution in [0.2, 0.25) is 0 Å². The van der Waals surface area contributed by atoms with Crippen LogP contribution >= 0.6 is 0 Å². The highest BCUT2D eigenvalue weighted by molar-refractivity contribution is 5.53. The van der Waals surface area contributed by atoms with Crippen molar-refractivity contribution in [2.75, 3.05) is 6.54 Å². The Balaban J connectivity index is 3.04. The lowest BCUT2D eigenvalue weighted by molar-refractivity contribution is 0.305. The molecule has 0 saturated heterocycles. The van der Waals surface area contributed by atoms with Crippen molar-refractivity contribution in [3.8, 4) is 17.2 Å². The summed E-state index contributed by atoms with van der Waals surface area (Å²) in [6.45, 7) is 0.141. The van der Waals surface area contributed by atoms with Crippen LogP contribution in [0.5, 0.6) is 17.2 Å². The van der Waals surface area contributed by atoms with Gasteiger partial charge in [-0.25, -0.2) is 4.39 Å². The van der Waals surface area contributed by atoms with Gasteiger partial charge in [0.05, 0.1) is 0 Å². The molecular formula is C9H12FNO3. The van der Waals surface area contributed by atoms with Crippen molar-refractivity contribution >= 4 is 0 Å². The number of benzene rings is 1. The van der Waals surface area contributed by atoms with Gasteiger partial charge in [0.1, 0.15) is 6.17 Å². The lowest BCUT2D eigenvalue weighted by atomic mass is 10.1. The molecule has 4 nitrogen and oxygen atoms in total. The molecule has 0 heterocycles. The summed E-state index contributed by atoms with van der Waals surface area (Å²) < 4.78 is 13.3. The molecule has 1 unspecified atom stereocenters. The zero-order valence-corrected chi connectivity index (χ0v) is 7.44. The number of aromatic hydroxyl groups is 3. The number of alkyl halides is 1. The number of phenolic OH excluding ortho intramolecular Hbond substituents is 3. The SMILES string of the molecule is NCCC(F)c1ccc(O)c(O)c1O. The van der Waals surface area contributed by atoms with Gasteiger partial charge in [-0.2, -0.15) is 0 Å². The van der Waals surface area contributed by atoms with Crippen LogP contribution in [-0.2, 0) is 0 Å². The maximum atomic E-state index is 13.3. The van der Waals surface area contributed by atoms with E-state index in [1.165, 1.54) is 6.07 Å². The normalized spacial score (nSPS) is 12.7. The van der Waals surface area contributed by atoms with Crippen molar-refractivity contribution in [1.29, 1.82) is 0 Å². The molecule has 5 heteroatoms. The molecule has 0 radical (unpaired) electrons. The molecule has 14 heavy (non-hydrogen) atoms. The molecule has 0 spiro atoms. The van der Waals surface area contributed by atoms with Crippen LogP contribution in [0.4, 0.5) is 4.39 Å². The van der Waals surface area contributed by atoms with E-state index in [0.717, 1.165) is 6.07 Å². The molecule has 1 rings (SSSR count). The number of nitrogens with two attached hydrogens (primary N) is 1. The van der Waals surface area contributed by atoms with Crippen LogP contribution in [-0.4, -0.2) is 21.9 Å². The second-order valence-corrected chi connectivity index (χ2v) is 2.92. The first kappa shape index (κ1) is 10.6. The Morgan fingerprint density at radius 1 is 1.21 bits per heavy atom. The predicted molar refractivity (Wildman–Crippen MR) is 49.0 cm³/mol. The van der Waals surface area contributed by atoms with E-state index in [-0.39, 0.29) is 18.5 Å². The van der Waals surface area contributed by atoms with E-state index >= 15 is 0 Å². The Morgan fingerprint density at radius 3 is 2.43 bits per heavy atom. The summed E-state index contributed by atoms with van der Waals surface area (Å²) in [4.78, 5) is 0. The molecule has 0 saturated carbocycles. The molecule has 0 amide bonds. The van der Waals surface area contributed by atoms with Crippen LogP contribution in [0.3, 0.4) is 0 Å². The Kier molecular flexibility index (Phi) is 3.14. The van der Waals surface area contributed by atoms with E-state index in [2.05, 4.69) is 0 Å². The number of hydrogen-bond acceptors (Lipinski definition) is 4. The third-order valence-corrected chi connectivity index (χ3v) is 1.92. The second-order valence-electron chi connectivity index (χ2n) is 2.92. The summed E-state index contributed by atoms with van der Waals surface area (Å²) in [7, 11) is 0. The van der Waals surface area contributed by atoms with Crippen LogP contribution < -0.4 is 5.73 Å². The van der Waals surface area contributed by atoms with E-state index in [1.54, 1.807) is 0 Å². The first-order chi connectivity index (χ1) is 6.57. The average Bonchev–Trinajstić information content (AvgIpc) is 2.15. The lowest BCUT2D eigenvalue weighted by Crippen LogP contribution is -2.03. The number of hydrogen-bond donors (Lipinski definition) is 4. The van der Waals surface area contributed by atoms with Crippen LogP contribution in [0.25, 0.3) is 0 Å². The number of phenols is 3. The summed E-state index contributed by atoms with van der Waals surface area (Å²) in [6, 6.07) is 2.33. The van der Waals surface area contributed by atoms with Crippen molar-refractivity contribution in [2.24, 2.45) is 5.73 Å². The molecule has 0 aliphatic carbocycles. The molecule has 1 aromatic carbocycles. The summed E-state index contributed by atoms with van der Waals surface area (Å²) in [6.07, 6.45) is -1.39. The number of rotatable bonds is 3. The fourth-order valence-corrected chi connectivity index (χ4v) is 1.14. The van der Waals surface area contributed by atoms with Gasteiger partial charge in [0.15, 0.2) is 11.5 Å². The molecule has 78 valence electrons. The zero-order valence-electron chi connectivity index (χ0n) is 7.44.